The van der Waals surface area contributed by atoms with Crippen molar-refractivity contribution < 1.29 is 14.1 Å². The lowest BCUT2D eigenvalue weighted by Crippen LogP contribution is -2.52. The second-order valence-electron chi connectivity index (χ2n) is 6.87. The van der Waals surface area contributed by atoms with Crippen molar-refractivity contribution in [2.45, 2.75) is 20.8 Å². The molecule has 0 aromatic carbocycles. The fourth-order valence-electron chi connectivity index (χ4n) is 3.34. The van der Waals surface area contributed by atoms with Gasteiger partial charge in [-0.15, -0.1) is 0 Å². The Labute approximate surface area is 152 Å². The number of amides is 3. The first-order chi connectivity index (χ1) is 12.3. The third-order valence-corrected chi connectivity index (χ3v) is 4.73. The van der Waals surface area contributed by atoms with E-state index in [1.54, 1.807) is 28.8 Å². The van der Waals surface area contributed by atoms with Gasteiger partial charge in [-0.05, 0) is 26.8 Å². The van der Waals surface area contributed by atoms with E-state index in [0.717, 1.165) is 17.1 Å². The van der Waals surface area contributed by atoms with Gasteiger partial charge in [-0.1, -0.05) is 5.16 Å². The summed E-state index contributed by atoms with van der Waals surface area (Å²) in [6.07, 6.45) is 0. The molecule has 2 aromatic heterocycles. The monoisotopic (exact) mass is 359 g/mol. The van der Waals surface area contributed by atoms with Crippen LogP contribution in [0.25, 0.3) is 5.82 Å². The topological polar surface area (TPSA) is 74.8 Å². The summed E-state index contributed by atoms with van der Waals surface area (Å²) in [7, 11) is 3.47. The smallest absolute Gasteiger partial charge is 0.319 e. The van der Waals surface area contributed by atoms with Crippen molar-refractivity contribution in [3.05, 3.63) is 34.8 Å². The summed E-state index contributed by atoms with van der Waals surface area (Å²) in [6.45, 7) is 7.85. The SMILES string of the molecule is Cc1cc(-n2c(C)cc(C(=O)N3CCN(C(=O)N(C)C)CC3)c2C)no1. The van der Waals surface area contributed by atoms with Gasteiger partial charge < -0.3 is 19.2 Å². The summed E-state index contributed by atoms with van der Waals surface area (Å²) in [4.78, 5) is 30.2. The van der Waals surface area contributed by atoms with Crippen LogP contribution in [-0.2, 0) is 0 Å². The van der Waals surface area contributed by atoms with Crippen LogP contribution in [0, 0.1) is 20.8 Å². The van der Waals surface area contributed by atoms with Gasteiger partial charge in [0.2, 0.25) is 0 Å². The van der Waals surface area contributed by atoms with Crippen LogP contribution < -0.4 is 0 Å². The van der Waals surface area contributed by atoms with Gasteiger partial charge in [-0.25, -0.2) is 4.79 Å². The van der Waals surface area contributed by atoms with E-state index in [-0.39, 0.29) is 11.9 Å². The summed E-state index contributed by atoms with van der Waals surface area (Å²) >= 11 is 0. The van der Waals surface area contributed by atoms with Crippen LogP contribution in [0.4, 0.5) is 4.79 Å². The molecule has 1 saturated heterocycles. The van der Waals surface area contributed by atoms with Gasteiger partial charge in [-0.2, -0.15) is 0 Å². The van der Waals surface area contributed by atoms with E-state index in [0.29, 0.717) is 37.6 Å². The highest BCUT2D eigenvalue weighted by Crippen LogP contribution is 2.22. The zero-order valence-electron chi connectivity index (χ0n) is 15.9. The second kappa shape index (κ2) is 6.86. The van der Waals surface area contributed by atoms with E-state index < -0.39 is 0 Å². The highest BCUT2D eigenvalue weighted by molar-refractivity contribution is 5.96. The van der Waals surface area contributed by atoms with E-state index in [9.17, 15) is 9.59 Å². The normalized spacial score (nSPS) is 14.7. The first-order valence-electron chi connectivity index (χ1n) is 8.67. The highest BCUT2D eigenvalue weighted by atomic mass is 16.5. The number of nitrogens with zero attached hydrogens (tertiary/aromatic N) is 5. The van der Waals surface area contributed by atoms with Crippen molar-refractivity contribution in [1.82, 2.24) is 24.4 Å². The molecular formula is C18H25N5O3. The maximum atomic E-state index is 13.0. The zero-order chi connectivity index (χ0) is 19.0. The Balaban J connectivity index is 1.76. The summed E-state index contributed by atoms with van der Waals surface area (Å²) < 4.78 is 7.09. The molecule has 140 valence electrons. The van der Waals surface area contributed by atoms with Gasteiger partial charge in [0, 0.05) is 57.7 Å². The molecule has 0 aliphatic carbocycles. The molecule has 1 aliphatic heterocycles. The lowest BCUT2D eigenvalue weighted by atomic mass is 10.2. The minimum atomic E-state index is -0.0170. The van der Waals surface area contributed by atoms with Crippen molar-refractivity contribution in [3.8, 4) is 5.82 Å². The number of aryl methyl sites for hydroxylation is 2. The molecule has 3 heterocycles. The number of hydrogen-bond donors (Lipinski definition) is 0. The predicted molar refractivity (Wildman–Crippen MR) is 96.6 cm³/mol. The van der Waals surface area contributed by atoms with Crippen LogP contribution in [0.5, 0.6) is 0 Å². The van der Waals surface area contributed by atoms with Crippen LogP contribution >= 0.6 is 0 Å². The van der Waals surface area contributed by atoms with E-state index in [1.165, 1.54) is 0 Å². The fraction of sp³-hybridized carbons (Fsp3) is 0.500. The molecule has 2 aromatic rings. The molecule has 0 N–H and O–H groups in total. The maximum absolute atomic E-state index is 13.0. The largest absolute Gasteiger partial charge is 0.360 e. The number of rotatable bonds is 2. The van der Waals surface area contributed by atoms with Crippen LogP contribution in [0.3, 0.4) is 0 Å². The van der Waals surface area contributed by atoms with Gasteiger partial charge in [0.25, 0.3) is 5.91 Å². The van der Waals surface area contributed by atoms with Crippen LogP contribution in [0.1, 0.15) is 27.5 Å². The molecule has 0 atom stereocenters. The van der Waals surface area contributed by atoms with Gasteiger partial charge in [-0.3, -0.25) is 9.36 Å². The van der Waals surface area contributed by atoms with E-state index in [2.05, 4.69) is 5.16 Å². The first kappa shape index (κ1) is 18.0. The van der Waals surface area contributed by atoms with Crippen LogP contribution in [0.15, 0.2) is 16.7 Å². The molecular weight excluding hydrogens is 334 g/mol. The zero-order valence-corrected chi connectivity index (χ0v) is 15.9. The Kier molecular flexibility index (Phi) is 4.76. The minimum Gasteiger partial charge on any atom is -0.360 e. The lowest BCUT2D eigenvalue weighted by Gasteiger charge is -2.36. The molecule has 0 radical (unpaired) electrons. The Morgan fingerprint density at radius 1 is 1.04 bits per heavy atom. The van der Waals surface area contributed by atoms with Gasteiger partial charge in [0.15, 0.2) is 5.82 Å². The molecule has 3 amide bonds. The Morgan fingerprint density at radius 3 is 2.19 bits per heavy atom. The number of urea groups is 1. The lowest BCUT2D eigenvalue weighted by molar-refractivity contribution is 0.0649. The quantitative estimate of drug-likeness (QED) is 0.820. The van der Waals surface area contributed by atoms with Crippen molar-refractivity contribution in [3.63, 3.8) is 0 Å². The third kappa shape index (κ3) is 3.18. The average molecular weight is 359 g/mol. The number of aromatic nitrogens is 2. The molecule has 0 spiro atoms. The van der Waals surface area contributed by atoms with Crippen LogP contribution in [-0.4, -0.2) is 76.6 Å². The average Bonchev–Trinajstić information content (AvgIpc) is 3.16. The fourth-order valence-corrected chi connectivity index (χ4v) is 3.34. The number of piperazine rings is 1. The molecule has 1 fully saturated rings. The number of carbonyl (C=O) groups excluding carboxylic acids is 2. The third-order valence-electron chi connectivity index (χ3n) is 4.73. The van der Waals surface area contributed by atoms with Crippen molar-refractivity contribution in [1.29, 1.82) is 0 Å². The molecule has 0 bridgehead atoms. The molecule has 0 unspecified atom stereocenters. The highest BCUT2D eigenvalue weighted by Gasteiger charge is 2.28. The maximum Gasteiger partial charge on any atom is 0.319 e. The Hall–Kier alpha value is -2.77. The summed E-state index contributed by atoms with van der Waals surface area (Å²) in [5, 5.41) is 4.05. The van der Waals surface area contributed by atoms with Gasteiger partial charge in [0.05, 0.1) is 5.56 Å². The predicted octanol–water partition coefficient (Wildman–Crippen LogP) is 1.83. The molecule has 3 rings (SSSR count). The number of hydrogen-bond acceptors (Lipinski definition) is 4. The Bertz CT molecular complexity index is 828. The van der Waals surface area contributed by atoms with Crippen molar-refractivity contribution >= 4 is 11.9 Å². The summed E-state index contributed by atoms with van der Waals surface area (Å²) in [5.74, 6) is 1.39. The standard InChI is InChI=1S/C18H25N5O3/c1-12-10-15(14(3)23(12)16-11-13(2)26-19-16)17(24)21-6-8-22(9-7-21)18(25)20(4)5/h10-11H,6-9H2,1-5H3. The minimum absolute atomic E-state index is 0.0125. The summed E-state index contributed by atoms with van der Waals surface area (Å²) in [6, 6.07) is 3.72. The van der Waals surface area contributed by atoms with Crippen LogP contribution in [0.2, 0.25) is 0 Å². The first-order valence-corrected chi connectivity index (χ1v) is 8.67. The van der Waals surface area contributed by atoms with Crippen molar-refractivity contribution in [2.75, 3.05) is 40.3 Å². The molecule has 8 heteroatoms. The molecule has 26 heavy (non-hydrogen) atoms. The van der Waals surface area contributed by atoms with E-state index in [1.807, 2.05) is 37.5 Å². The van der Waals surface area contributed by atoms with E-state index in [4.69, 9.17) is 4.52 Å². The van der Waals surface area contributed by atoms with E-state index >= 15 is 0 Å². The molecule has 1 aliphatic rings. The van der Waals surface area contributed by atoms with Crippen molar-refractivity contribution in [2.24, 2.45) is 0 Å². The second-order valence-corrected chi connectivity index (χ2v) is 6.87. The Morgan fingerprint density at radius 2 is 1.65 bits per heavy atom. The van der Waals surface area contributed by atoms with Gasteiger partial charge in [0.1, 0.15) is 5.76 Å². The molecule has 8 nitrogen and oxygen atoms in total. The van der Waals surface area contributed by atoms with Gasteiger partial charge >= 0.3 is 6.03 Å². The summed E-state index contributed by atoms with van der Waals surface area (Å²) in [5.41, 5.74) is 2.43. The molecule has 0 saturated carbocycles. The number of carbonyl (C=O) groups is 2.